The fourth-order valence-electron chi connectivity index (χ4n) is 2.33. The van der Waals surface area contributed by atoms with E-state index in [1.54, 1.807) is 27.9 Å². The monoisotopic (exact) mass is 347 g/mol. The molecule has 1 fully saturated rings. The molecule has 3 N–H and O–H groups in total. The molecule has 0 saturated carbocycles. The van der Waals surface area contributed by atoms with Crippen molar-refractivity contribution in [1.82, 2.24) is 15.5 Å². The van der Waals surface area contributed by atoms with Crippen molar-refractivity contribution in [3.8, 4) is 0 Å². The summed E-state index contributed by atoms with van der Waals surface area (Å²) in [5, 5.41) is 14.1. The van der Waals surface area contributed by atoms with Crippen molar-refractivity contribution in [2.24, 2.45) is 0 Å². The van der Waals surface area contributed by atoms with Gasteiger partial charge in [-0.1, -0.05) is 12.2 Å². The van der Waals surface area contributed by atoms with Crippen LogP contribution in [-0.4, -0.2) is 71.7 Å². The van der Waals surface area contributed by atoms with E-state index in [2.05, 4.69) is 10.6 Å². The van der Waals surface area contributed by atoms with Crippen molar-refractivity contribution in [3.63, 3.8) is 0 Å². The summed E-state index contributed by atoms with van der Waals surface area (Å²) in [6.45, 7) is 6.60. The van der Waals surface area contributed by atoms with Gasteiger partial charge in [0.15, 0.2) is 0 Å². The molecule has 0 aromatic rings. The van der Waals surface area contributed by atoms with E-state index in [1.807, 2.05) is 4.90 Å². The summed E-state index contributed by atoms with van der Waals surface area (Å²) < 4.78 is 10.3. The van der Waals surface area contributed by atoms with E-state index in [4.69, 9.17) is 26.8 Å². The highest BCUT2D eigenvalue weighted by molar-refractivity contribution is 7.80. The van der Waals surface area contributed by atoms with Gasteiger partial charge in [0, 0.05) is 20.2 Å². The third-order valence-electron chi connectivity index (χ3n) is 3.24. The summed E-state index contributed by atoms with van der Waals surface area (Å²) in [6, 6.07) is -0.842. The number of ether oxygens (including phenoxy) is 2. The van der Waals surface area contributed by atoms with Gasteiger partial charge in [0.25, 0.3) is 0 Å². The Hall–Kier alpha value is -1.61. The normalized spacial score (nSPS) is 21.5. The van der Waals surface area contributed by atoms with Gasteiger partial charge in [0.05, 0.1) is 18.7 Å². The van der Waals surface area contributed by atoms with Crippen LogP contribution in [0.1, 0.15) is 27.2 Å². The van der Waals surface area contributed by atoms with Crippen molar-refractivity contribution >= 4 is 29.4 Å². The van der Waals surface area contributed by atoms with Crippen LogP contribution in [0.5, 0.6) is 0 Å². The van der Waals surface area contributed by atoms with Crippen LogP contribution in [0.2, 0.25) is 0 Å². The summed E-state index contributed by atoms with van der Waals surface area (Å²) in [7, 11) is 1.56. The largest absolute Gasteiger partial charge is 0.465 e. The maximum absolute atomic E-state index is 12.0. The van der Waals surface area contributed by atoms with E-state index in [1.165, 1.54) is 0 Å². The Morgan fingerprint density at radius 1 is 1.30 bits per heavy atom. The van der Waals surface area contributed by atoms with Crippen LogP contribution < -0.4 is 10.6 Å². The second kappa shape index (κ2) is 8.30. The molecule has 0 bridgehead atoms. The van der Waals surface area contributed by atoms with Gasteiger partial charge in [-0.25, -0.2) is 9.59 Å². The number of likely N-dealkylation sites (tertiary alicyclic amines) is 1. The van der Waals surface area contributed by atoms with E-state index in [0.717, 1.165) is 0 Å². The minimum atomic E-state index is -1.13. The lowest BCUT2D eigenvalue weighted by Gasteiger charge is -2.39. The number of piperidine rings is 1. The van der Waals surface area contributed by atoms with Crippen LogP contribution in [0.4, 0.5) is 9.59 Å². The SMILES string of the molecule is COCC(=S)N1CC[C@H](NC(=O)O)[C@@H](NC(=O)OC(C)(C)C)C1. The Labute approximate surface area is 141 Å². The van der Waals surface area contributed by atoms with E-state index in [0.29, 0.717) is 31.1 Å². The molecular weight excluding hydrogens is 322 g/mol. The quantitative estimate of drug-likeness (QED) is 0.657. The molecule has 1 rings (SSSR count). The number of carbonyl (C=O) groups is 2. The minimum absolute atomic E-state index is 0.311. The summed E-state index contributed by atoms with van der Waals surface area (Å²) in [6.07, 6.45) is -1.19. The molecule has 1 heterocycles. The van der Waals surface area contributed by atoms with E-state index in [-0.39, 0.29) is 0 Å². The molecule has 23 heavy (non-hydrogen) atoms. The fourth-order valence-corrected chi connectivity index (χ4v) is 2.61. The minimum Gasteiger partial charge on any atom is -0.465 e. The number of rotatable bonds is 4. The zero-order valence-electron chi connectivity index (χ0n) is 13.9. The second-order valence-electron chi connectivity index (χ2n) is 6.37. The second-order valence-corrected chi connectivity index (χ2v) is 6.84. The molecule has 1 aliphatic heterocycles. The van der Waals surface area contributed by atoms with Crippen LogP contribution in [0, 0.1) is 0 Å². The zero-order valence-corrected chi connectivity index (χ0v) is 14.7. The van der Waals surface area contributed by atoms with Gasteiger partial charge in [-0.15, -0.1) is 0 Å². The molecule has 1 saturated heterocycles. The van der Waals surface area contributed by atoms with E-state index >= 15 is 0 Å². The molecule has 0 radical (unpaired) electrons. The van der Waals surface area contributed by atoms with Crippen molar-refractivity contribution in [2.75, 3.05) is 26.8 Å². The molecule has 0 aromatic heterocycles. The van der Waals surface area contributed by atoms with Crippen molar-refractivity contribution in [3.05, 3.63) is 0 Å². The van der Waals surface area contributed by atoms with Crippen molar-refractivity contribution in [1.29, 1.82) is 0 Å². The molecule has 2 atom stereocenters. The number of carbonyl (C=O) groups excluding carboxylic acids is 1. The maximum Gasteiger partial charge on any atom is 0.408 e. The maximum atomic E-state index is 12.0. The standard InChI is InChI=1S/C14H25N3O5S/c1-14(2,3)22-13(20)16-10-7-17(11(23)8-21-4)6-5-9(10)15-12(18)19/h9-10,15H,5-8H2,1-4H3,(H,16,20)(H,18,19)/t9-,10-/m0/s1. The topological polar surface area (TPSA) is 100 Å². The molecule has 0 spiro atoms. The highest BCUT2D eigenvalue weighted by Crippen LogP contribution is 2.14. The van der Waals surface area contributed by atoms with Gasteiger partial charge in [0.2, 0.25) is 0 Å². The van der Waals surface area contributed by atoms with Crippen LogP contribution in [-0.2, 0) is 9.47 Å². The number of methoxy groups -OCH3 is 1. The number of alkyl carbamates (subject to hydrolysis) is 1. The van der Waals surface area contributed by atoms with Gasteiger partial charge in [-0.2, -0.15) is 0 Å². The molecule has 2 amide bonds. The average molecular weight is 347 g/mol. The Morgan fingerprint density at radius 3 is 2.48 bits per heavy atom. The first-order valence-electron chi connectivity index (χ1n) is 7.38. The van der Waals surface area contributed by atoms with Gasteiger partial charge in [0.1, 0.15) is 10.6 Å². The third kappa shape index (κ3) is 7.00. The van der Waals surface area contributed by atoms with Crippen LogP contribution >= 0.6 is 12.2 Å². The number of carboxylic acid groups (broad SMARTS) is 1. The molecule has 8 nitrogen and oxygen atoms in total. The van der Waals surface area contributed by atoms with E-state index in [9.17, 15) is 9.59 Å². The molecule has 1 aliphatic rings. The molecular formula is C14H25N3O5S. The van der Waals surface area contributed by atoms with Gasteiger partial charge in [-0.3, -0.25) is 0 Å². The summed E-state index contributed by atoms with van der Waals surface area (Å²) >= 11 is 5.27. The molecule has 0 unspecified atom stereocenters. The summed E-state index contributed by atoms with van der Waals surface area (Å²) in [5.74, 6) is 0. The number of nitrogens with one attached hydrogen (secondary N) is 2. The van der Waals surface area contributed by atoms with Gasteiger partial charge in [-0.05, 0) is 27.2 Å². The molecule has 132 valence electrons. The number of thiocarbonyl (C=S) groups is 1. The first-order chi connectivity index (χ1) is 10.6. The zero-order chi connectivity index (χ0) is 17.6. The van der Waals surface area contributed by atoms with Crippen molar-refractivity contribution < 1.29 is 24.2 Å². The molecule has 0 aromatic carbocycles. The number of nitrogens with zero attached hydrogens (tertiary/aromatic N) is 1. The first-order valence-corrected chi connectivity index (χ1v) is 7.79. The predicted molar refractivity (Wildman–Crippen MR) is 88.8 cm³/mol. The first kappa shape index (κ1) is 19.4. The Morgan fingerprint density at radius 2 is 1.96 bits per heavy atom. The summed E-state index contributed by atoms with van der Waals surface area (Å²) in [4.78, 5) is 25.4. The van der Waals surface area contributed by atoms with Gasteiger partial charge < -0.3 is 30.1 Å². The lowest BCUT2D eigenvalue weighted by molar-refractivity contribution is 0.0466. The Bertz CT molecular complexity index is 452. The predicted octanol–water partition coefficient (Wildman–Crippen LogP) is 1.20. The number of amides is 2. The average Bonchev–Trinajstić information content (AvgIpc) is 2.38. The summed E-state index contributed by atoms with van der Waals surface area (Å²) in [5.41, 5.74) is -0.625. The number of hydrogen-bond donors (Lipinski definition) is 3. The Balaban J connectivity index is 2.74. The third-order valence-corrected chi connectivity index (χ3v) is 3.62. The molecule has 9 heteroatoms. The van der Waals surface area contributed by atoms with Gasteiger partial charge >= 0.3 is 12.2 Å². The van der Waals surface area contributed by atoms with Crippen LogP contribution in [0.3, 0.4) is 0 Å². The lowest BCUT2D eigenvalue weighted by atomic mass is 9.99. The van der Waals surface area contributed by atoms with Crippen LogP contribution in [0.15, 0.2) is 0 Å². The smallest absolute Gasteiger partial charge is 0.408 e. The number of hydrogen-bond acceptors (Lipinski definition) is 5. The lowest BCUT2D eigenvalue weighted by Crippen LogP contribution is -2.61. The van der Waals surface area contributed by atoms with Crippen LogP contribution in [0.25, 0.3) is 0 Å². The van der Waals surface area contributed by atoms with Crippen molar-refractivity contribution in [2.45, 2.75) is 44.9 Å². The van der Waals surface area contributed by atoms with E-state index < -0.39 is 29.9 Å². The fraction of sp³-hybridized carbons (Fsp3) is 0.786. The highest BCUT2D eigenvalue weighted by Gasteiger charge is 2.33. The molecule has 0 aliphatic carbocycles. The highest BCUT2D eigenvalue weighted by atomic mass is 32.1. The Kier molecular flexibility index (Phi) is 7.01.